The second-order valence-electron chi connectivity index (χ2n) is 9.51. The summed E-state index contributed by atoms with van der Waals surface area (Å²) >= 11 is 0. The highest BCUT2D eigenvalue weighted by molar-refractivity contribution is 5.83. The molecule has 4 heterocycles. The van der Waals surface area contributed by atoms with Gasteiger partial charge in [-0.3, -0.25) is 0 Å². The Balaban J connectivity index is 0.000000289. The first kappa shape index (κ1) is 32.7. The van der Waals surface area contributed by atoms with Gasteiger partial charge in [0.05, 0.1) is 11.2 Å². The molecule has 42 heavy (non-hydrogen) atoms. The number of likely N-dealkylation sites (tertiary alicyclic amines) is 1. The van der Waals surface area contributed by atoms with Crippen LogP contribution in [0.4, 0.5) is 30.7 Å². The smallest absolute Gasteiger partial charge is 0.475 e. The molecule has 5 rings (SSSR count). The van der Waals surface area contributed by atoms with Crippen molar-refractivity contribution in [3.05, 3.63) is 35.6 Å². The van der Waals surface area contributed by atoms with Crippen molar-refractivity contribution in [2.75, 3.05) is 32.7 Å². The highest BCUT2D eigenvalue weighted by Gasteiger charge is 2.39. The highest BCUT2D eigenvalue weighted by atomic mass is 19.4. The van der Waals surface area contributed by atoms with E-state index < -0.39 is 24.3 Å². The van der Waals surface area contributed by atoms with Crippen LogP contribution in [0.2, 0.25) is 0 Å². The average molecular weight is 613 g/mol. The van der Waals surface area contributed by atoms with Gasteiger partial charge in [-0.05, 0) is 55.6 Å². The van der Waals surface area contributed by atoms with E-state index >= 15 is 0 Å². The van der Waals surface area contributed by atoms with E-state index in [1.165, 1.54) is 18.7 Å². The molecule has 0 radical (unpaired) electrons. The van der Waals surface area contributed by atoms with Crippen LogP contribution in [-0.2, 0) is 16.0 Å². The lowest BCUT2D eigenvalue weighted by molar-refractivity contribution is -0.193. The highest BCUT2D eigenvalue weighted by Crippen LogP contribution is 2.29. The topological polar surface area (TPSA) is 147 Å². The van der Waals surface area contributed by atoms with Gasteiger partial charge in [-0.1, -0.05) is 6.92 Å². The van der Waals surface area contributed by atoms with Gasteiger partial charge >= 0.3 is 24.3 Å². The van der Waals surface area contributed by atoms with Crippen molar-refractivity contribution >= 4 is 22.8 Å². The van der Waals surface area contributed by atoms with Crippen LogP contribution in [0.15, 0.2) is 22.7 Å². The zero-order valence-corrected chi connectivity index (χ0v) is 22.0. The maximum Gasteiger partial charge on any atom is 0.490 e. The number of piperidine rings is 1. The molecule has 0 unspecified atom stereocenters. The molecule has 0 bridgehead atoms. The van der Waals surface area contributed by atoms with Gasteiger partial charge in [-0.25, -0.2) is 14.0 Å². The monoisotopic (exact) mass is 612 g/mol. The van der Waals surface area contributed by atoms with Crippen LogP contribution in [0.3, 0.4) is 0 Å². The Morgan fingerprint density at radius 3 is 2.10 bits per heavy atom. The molecule has 2 aromatic heterocycles. The molecule has 2 aliphatic rings. The van der Waals surface area contributed by atoms with E-state index in [-0.39, 0.29) is 11.7 Å². The third-order valence-electron chi connectivity index (χ3n) is 6.48. The Hall–Kier alpha value is -3.80. The van der Waals surface area contributed by atoms with Gasteiger partial charge in [0.1, 0.15) is 5.82 Å². The number of halogens is 7. The first-order valence-corrected chi connectivity index (χ1v) is 12.6. The van der Waals surface area contributed by atoms with Gasteiger partial charge in [0.25, 0.3) is 5.95 Å². The van der Waals surface area contributed by atoms with Crippen LogP contribution in [-0.4, -0.2) is 92.0 Å². The zero-order valence-electron chi connectivity index (χ0n) is 22.0. The van der Waals surface area contributed by atoms with E-state index in [0.29, 0.717) is 17.4 Å². The van der Waals surface area contributed by atoms with Crippen molar-refractivity contribution in [1.29, 1.82) is 0 Å². The summed E-state index contributed by atoms with van der Waals surface area (Å²) in [6.07, 6.45) is -7.36. The number of alkyl halides is 6. The number of rotatable bonds is 5. The fraction of sp³-hybridized carbons (Fsp3) is 0.542. The van der Waals surface area contributed by atoms with Crippen molar-refractivity contribution in [2.45, 2.75) is 44.5 Å². The molecular weight excluding hydrogens is 585 g/mol. The fourth-order valence-electron chi connectivity index (χ4n) is 4.25. The average Bonchev–Trinajstić information content (AvgIpc) is 3.51. The van der Waals surface area contributed by atoms with E-state index in [4.69, 9.17) is 24.3 Å². The quantitative estimate of drug-likeness (QED) is 0.364. The van der Waals surface area contributed by atoms with Crippen LogP contribution in [0.5, 0.6) is 0 Å². The van der Waals surface area contributed by atoms with Crippen LogP contribution >= 0.6 is 0 Å². The minimum Gasteiger partial charge on any atom is -0.475 e. The Kier molecular flexibility index (Phi) is 10.5. The Morgan fingerprint density at radius 2 is 1.62 bits per heavy atom. The summed E-state index contributed by atoms with van der Waals surface area (Å²) in [5, 5.41) is 27.2. The van der Waals surface area contributed by atoms with E-state index in [1.54, 1.807) is 10.7 Å². The SMILES string of the molecule is CCc1nn(-c2noc(C3CCN(CC4CNC4)CC3)n2)c2cc(F)ccc12.O=C(O)C(F)(F)F.O=C(O)C(F)(F)F. The number of hydrogen-bond acceptors (Lipinski definition) is 8. The molecule has 0 amide bonds. The molecule has 0 aliphatic carbocycles. The van der Waals surface area contributed by atoms with E-state index in [9.17, 15) is 30.7 Å². The van der Waals surface area contributed by atoms with Crippen molar-refractivity contribution in [2.24, 2.45) is 5.92 Å². The molecule has 232 valence electrons. The van der Waals surface area contributed by atoms with Crippen LogP contribution < -0.4 is 5.32 Å². The molecule has 3 aromatic rings. The summed E-state index contributed by atoms with van der Waals surface area (Å²) in [6, 6.07) is 4.70. The second-order valence-corrected chi connectivity index (χ2v) is 9.51. The van der Waals surface area contributed by atoms with Crippen LogP contribution in [0.25, 0.3) is 16.9 Å². The molecule has 2 fully saturated rings. The van der Waals surface area contributed by atoms with Crippen molar-refractivity contribution in [3.63, 3.8) is 0 Å². The summed E-state index contributed by atoms with van der Waals surface area (Å²) in [4.78, 5) is 24.9. The molecule has 18 heteroatoms. The molecule has 2 saturated heterocycles. The number of fused-ring (bicyclic) bond motifs is 1. The zero-order chi connectivity index (χ0) is 31.2. The number of carboxylic acids is 2. The Morgan fingerprint density at radius 1 is 1.05 bits per heavy atom. The molecule has 3 N–H and O–H groups in total. The lowest BCUT2D eigenvalue weighted by Gasteiger charge is -2.36. The molecular formula is C24H27F7N6O5. The van der Waals surface area contributed by atoms with Crippen molar-refractivity contribution in [3.8, 4) is 5.95 Å². The third-order valence-corrected chi connectivity index (χ3v) is 6.48. The van der Waals surface area contributed by atoms with Gasteiger partial charge < -0.3 is 25.0 Å². The minimum atomic E-state index is -5.08. The number of carboxylic acid groups (broad SMARTS) is 2. The van der Waals surface area contributed by atoms with Gasteiger partial charge in [0, 0.05) is 37.0 Å². The predicted molar refractivity (Wildman–Crippen MR) is 130 cm³/mol. The maximum atomic E-state index is 13.8. The summed E-state index contributed by atoms with van der Waals surface area (Å²) in [6.45, 7) is 7.63. The summed E-state index contributed by atoms with van der Waals surface area (Å²) in [5.74, 6) is -3.69. The third kappa shape index (κ3) is 8.60. The summed E-state index contributed by atoms with van der Waals surface area (Å²) in [5.41, 5.74) is 1.58. The minimum absolute atomic E-state index is 0.279. The number of nitrogens with zero attached hydrogens (tertiary/aromatic N) is 5. The van der Waals surface area contributed by atoms with Gasteiger partial charge in [-0.15, -0.1) is 0 Å². The Bertz CT molecular complexity index is 1340. The van der Waals surface area contributed by atoms with E-state index in [1.807, 2.05) is 6.92 Å². The standard InChI is InChI=1S/C20H25FN6O.2C2HF3O2/c1-2-17-16-4-3-15(21)9-18(16)27(24-17)20-23-19(28-25-20)14-5-7-26(8-6-14)12-13-10-22-11-13;2*3-2(4,5)1(6)7/h3-4,9,13-14,22H,2,5-8,10-12H2,1H3;2*(H,6,7). The van der Waals surface area contributed by atoms with Crippen LogP contribution in [0, 0.1) is 11.7 Å². The molecule has 0 saturated carbocycles. The number of aliphatic carboxylic acids is 2. The second kappa shape index (κ2) is 13.5. The lowest BCUT2D eigenvalue weighted by Crippen LogP contribution is -2.49. The van der Waals surface area contributed by atoms with E-state index in [2.05, 4.69) is 25.5 Å². The normalized spacial score (nSPS) is 16.7. The largest absolute Gasteiger partial charge is 0.490 e. The first-order valence-electron chi connectivity index (χ1n) is 12.6. The van der Waals surface area contributed by atoms with Gasteiger partial charge in [0.2, 0.25) is 5.89 Å². The number of hydrogen-bond donors (Lipinski definition) is 3. The van der Waals surface area contributed by atoms with Crippen molar-refractivity contribution in [1.82, 2.24) is 30.1 Å². The lowest BCUT2D eigenvalue weighted by atomic mass is 9.95. The van der Waals surface area contributed by atoms with E-state index in [0.717, 1.165) is 62.4 Å². The molecule has 11 nitrogen and oxygen atoms in total. The fourth-order valence-corrected chi connectivity index (χ4v) is 4.25. The number of aryl methyl sites for hydroxylation is 1. The molecule has 0 atom stereocenters. The van der Waals surface area contributed by atoms with Gasteiger partial charge in [0.15, 0.2) is 0 Å². The molecule has 2 aliphatic heterocycles. The molecule has 0 spiro atoms. The number of aromatic nitrogens is 4. The molecule has 1 aromatic carbocycles. The van der Waals surface area contributed by atoms with Crippen LogP contribution in [0.1, 0.15) is 37.3 Å². The Labute approximate surface area is 233 Å². The summed E-state index contributed by atoms with van der Waals surface area (Å²) < 4.78 is 84.4. The maximum absolute atomic E-state index is 13.8. The number of carbonyl (C=O) groups is 2. The van der Waals surface area contributed by atoms with Crippen molar-refractivity contribution < 1.29 is 55.1 Å². The first-order chi connectivity index (χ1) is 19.6. The number of nitrogens with one attached hydrogen (secondary N) is 1. The summed E-state index contributed by atoms with van der Waals surface area (Å²) in [7, 11) is 0. The van der Waals surface area contributed by atoms with Gasteiger partial charge in [-0.2, -0.15) is 41.1 Å². The number of benzene rings is 1. The predicted octanol–water partition coefficient (Wildman–Crippen LogP) is 3.78.